The molecular formula is C16H22O5. The van der Waals surface area contributed by atoms with Gasteiger partial charge in [0.15, 0.2) is 0 Å². The third-order valence-corrected chi connectivity index (χ3v) is 2.66. The van der Waals surface area contributed by atoms with Gasteiger partial charge in [0.2, 0.25) is 0 Å². The second-order valence-electron chi connectivity index (χ2n) is 5.84. The average Bonchev–Trinajstić information content (AvgIpc) is 2.37. The SMILES string of the molecule is COC(=O)C(C)Cc1ccc(OC(=O)OC(C)(C)C)cc1. The summed E-state index contributed by atoms with van der Waals surface area (Å²) in [6, 6.07) is 6.95. The van der Waals surface area contributed by atoms with E-state index in [1.165, 1.54) is 7.11 Å². The third kappa shape index (κ3) is 6.29. The van der Waals surface area contributed by atoms with Gasteiger partial charge in [-0.2, -0.15) is 0 Å². The molecule has 0 amide bonds. The monoisotopic (exact) mass is 294 g/mol. The van der Waals surface area contributed by atoms with E-state index in [4.69, 9.17) is 9.47 Å². The topological polar surface area (TPSA) is 61.8 Å². The molecule has 0 aliphatic heterocycles. The zero-order chi connectivity index (χ0) is 16.0. The van der Waals surface area contributed by atoms with E-state index in [0.717, 1.165) is 5.56 Å². The first-order valence-corrected chi connectivity index (χ1v) is 6.79. The molecule has 0 bridgehead atoms. The van der Waals surface area contributed by atoms with Gasteiger partial charge in [-0.15, -0.1) is 0 Å². The number of methoxy groups -OCH3 is 1. The molecule has 1 atom stereocenters. The Morgan fingerprint density at radius 3 is 2.19 bits per heavy atom. The number of hydrogen-bond acceptors (Lipinski definition) is 5. The number of carbonyl (C=O) groups excluding carboxylic acids is 2. The van der Waals surface area contributed by atoms with Gasteiger partial charge in [0, 0.05) is 0 Å². The van der Waals surface area contributed by atoms with Crippen molar-refractivity contribution in [1.29, 1.82) is 0 Å². The minimum Gasteiger partial charge on any atom is -0.469 e. The summed E-state index contributed by atoms with van der Waals surface area (Å²) in [5.74, 6) is -0.0598. The molecule has 1 aromatic carbocycles. The summed E-state index contributed by atoms with van der Waals surface area (Å²) in [5.41, 5.74) is 0.372. The van der Waals surface area contributed by atoms with Gasteiger partial charge in [-0.1, -0.05) is 19.1 Å². The first-order chi connectivity index (χ1) is 9.71. The van der Waals surface area contributed by atoms with Gasteiger partial charge in [0.05, 0.1) is 13.0 Å². The van der Waals surface area contributed by atoms with Gasteiger partial charge < -0.3 is 14.2 Å². The zero-order valence-corrected chi connectivity index (χ0v) is 13.1. The van der Waals surface area contributed by atoms with Crippen LogP contribution in [0.4, 0.5) is 4.79 Å². The number of hydrogen-bond donors (Lipinski definition) is 0. The van der Waals surface area contributed by atoms with Gasteiger partial charge in [0.25, 0.3) is 0 Å². The van der Waals surface area contributed by atoms with Crippen LogP contribution in [0, 0.1) is 5.92 Å². The Labute approximate surface area is 125 Å². The molecule has 0 fully saturated rings. The number of benzene rings is 1. The Hall–Kier alpha value is -2.04. The predicted molar refractivity (Wildman–Crippen MR) is 78.2 cm³/mol. The van der Waals surface area contributed by atoms with Crippen molar-refractivity contribution < 1.29 is 23.8 Å². The quantitative estimate of drug-likeness (QED) is 0.629. The van der Waals surface area contributed by atoms with E-state index < -0.39 is 11.8 Å². The van der Waals surface area contributed by atoms with Crippen LogP contribution >= 0.6 is 0 Å². The van der Waals surface area contributed by atoms with Gasteiger partial charge in [0.1, 0.15) is 11.4 Å². The van der Waals surface area contributed by atoms with Crippen LogP contribution in [0.25, 0.3) is 0 Å². The number of ether oxygens (including phenoxy) is 3. The van der Waals surface area contributed by atoms with Crippen molar-refractivity contribution >= 4 is 12.1 Å². The largest absolute Gasteiger partial charge is 0.514 e. The average molecular weight is 294 g/mol. The van der Waals surface area contributed by atoms with Crippen LogP contribution in [0.3, 0.4) is 0 Å². The van der Waals surface area contributed by atoms with Crippen LogP contribution in [0.2, 0.25) is 0 Å². The summed E-state index contributed by atoms with van der Waals surface area (Å²) >= 11 is 0. The van der Waals surface area contributed by atoms with Crippen LogP contribution in [-0.2, 0) is 20.7 Å². The third-order valence-electron chi connectivity index (χ3n) is 2.66. The van der Waals surface area contributed by atoms with Crippen molar-refractivity contribution in [2.75, 3.05) is 7.11 Å². The highest BCUT2D eigenvalue weighted by Gasteiger charge is 2.18. The Morgan fingerprint density at radius 1 is 1.14 bits per heavy atom. The lowest BCUT2D eigenvalue weighted by Crippen LogP contribution is -2.25. The Morgan fingerprint density at radius 2 is 1.71 bits per heavy atom. The first-order valence-electron chi connectivity index (χ1n) is 6.79. The zero-order valence-electron chi connectivity index (χ0n) is 13.1. The summed E-state index contributed by atoms with van der Waals surface area (Å²) in [5, 5.41) is 0. The van der Waals surface area contributed by atoms with E-state index in [2.05, 4.69) is 4.74 Å². The molecule has 0 aliphatic carbocycles. The Bertz CT molecular complexity index is 484. The standard InChI is InChI=1S/C16H22O5/c1-11(14(17)19-5)10-12-6-8-13(9-7-12)20-15(18)21-16(2,3)4/h6-9,11H,10H2,1-5H3. The Balaban J connectivity index is 2.58. The van der Waals surface area contributed by atoms with Crippen LogP contribution in [-0.4, -0.2) is 24.8 Å². The van der Waals surface area contributed by atoms with Gasteiger partial charge >= 0.3 is 12.1 Å². The molecule has 1 unspecified atom stereocenters. The van der Waals surface area contributed by atoms with Gasteiger partial charge in [-0.3, -0.25) is 4.79 Å². The fourth-order valence-corrected chi connectivity index (χ4v) is 1.70. The minimum atomic E-state index is -0.738. The molecule has 0 heterocycles. The highest BCUT2D eigenvalue weighted by atomic mass is 16.7. The van der Waals surface area contributed by atoms with E-state index >= 15 is 0 Å². The van der Waals surface area contributed by atoms with Gasteiger partial charge in [-0.25, -0.2) is 4.79 Å². The summed E-state index contributed by atoms with van der Waals surface area (Å²) < 4.78 is 14.8. The van der Waals surface area contributed by atoms with Crippen LogP contribution < -0.4 is 4.74 Å². The van der Waals surface area contributed by atoms with Crippen molar-refractivity contribution in [1.82, 2.24) is 0 Å². The Kier molecular flexibility index (Phi) is 5.76. The molecule has 1 rings (SSSR count). The maximum Gasteiger partial charge on any atom is 0.514 e. The molecule has 21 heavy (non-hydrogen) atoms. The number of esters is 1. The van der Waals surface area contributed by atoms with Crippen molar-refractivity contribution in [3.05, 3.63) is 29.8 Å². The lowest BCUT2D eigenvalue weighted by Gasteiger charge is -2.18. The van der Waals surface area contributed by atoms with Crippen LogP contribution in [0.15, 0.2) is 24.3 Å². The molecule has 116 valence electrons. The van der Waals surface area contributed by atoms with Gasteiger partial charge in [-0.05, 0) is 44.9 Å². The molecule has 5 nitrogen and oxygen atoms in total. The summed E-state index contributed by atoms with van der Waals surface area (Å²) in [6.07, 6.45) is -0.169. The molecule has 0 spiro atoms. The first kappa shape index (κ1) is 17.0. The van der Waals surface area contributed by atoms with Crippen molar-refractivity contribution in [2.45, 2.75) is 39.7 Å². The van der Waals surface area contributed by atoms with Crippen LogP contribution in [0.5, 0.6) is 5.75 Å². The summed E-state index contributed by atoms with van der Waals surface area (Å²) in [7, 11) is 1.37. The lowest BCUT2D eigenvalue weighted by molar-refractivity contribution is -0.144. The second kappa shape index (κ2) is 7.11. The summed E-state index contributed by atoms with van der Waals surface area (Å²) in [4.78, 5) is 22.9. The molecule has 0 N–H and O–H groups in total. The molecular weight excluding hydrogens is 272 g/mol. The molecule has 5 heteroatoms. The highest BCUT2D eigenvalue weighted by molar-refractivity contribution is 5.72. The van der Waals surface area contributed by atoms with Crippen molar-refractivity contribution in [3.63, 3.8) is 0 Å². The summed E-state index contributed by atoms with van der Waals surface area (Å²) in [6.45, 7) is 7.11. The van der Waals surface area contributed by atoms with Crippen molar-refractivity contribution in [2.24, 2.45) is 5.92 Å². The maximum atomic E-state index is 11.5. The van der Waals surface area contributed by atoms with E-state index in [-0.39, 0.29) is 11.9 Å². The fraction of sp³-hybridized carbons (Fsp3) is 0.500. The molecule has 0 saturated heterocycles. The molecule has 0 aromatic heterocycles. The highest BCUT2D eigenvalue weighted by Crippen LogP contribution is 2.17. The minimum absolute atomic E-state index is 0.215. The molecule has 0 aliphatic rings. The van der Waals surface area contributed by atoms with Crippen molar-refractivity contribution in [3.8, 4) is 5.75 Å². The number of rotatable bonds is 4. The predicted octanol–water partition coefficient (Wildman–Crippen LogP) is 3.35. The number of carbonyl (C=O) groups is 2. The van der Waals surface area contributed by atoms with E-state index in [1.807, 2.05) is 0 Å². The second-order valence-corrected chi connectivity index (χ2v) is 5.84. The molecule has 0 saturated carbocycles. The van der Waals surface area contributed by atoms with E-state index in [1.54, 1.807) is 52.0 Å². The smallest absolute Gasteiger partial charge is 0.469 e. The maximum absolute atomic E-state index is 11.5. The van der Waals surface area contributed by atoms with E-state index in [0.29, 0.717) is 12.2 Å². The molecule has 0 radical (unpaired) electrons. The normalized spacial score (nSPS) is 12.4. The lowest BCUT2D eigenvalue weighted by atomic mass is 10.0. The fourth-order valence-electron chi connectivity index (χ4n) is 1.70. The molecule has 1 aromatic rings. The van der Waals surface area contributed by atoms with Crippen LogP contribution in [0.1, 0.15) is 33.3 Å². The van der Waals surface area contributed by atoms with E-state index in [9.17, 15) is 9.59 Å².